The summed E-state index contributed by atoms with van der Waals surface area (Å²) in [5.74, 6) is -0.325. The van der Waals surface area contributed by atoms with E-state index in [1.54, 1.807) is 0 Å². The molecule has 14 heavy (non-hydrogen) atoms. The van der Waals surface area contributed by atoms with Crippen LogP contribution in [0.1, 0.15) is 33.2 Å². The molecule has 0 spiro atoms. The van der Waals surface area contributed by atoms with E-state index < -0.39 is 0 Å². The van der Waals surface area contributed by atoms with E-state index in [2.05, 4.69) is 0 Å². The first kappa shape index (κ1) is 10.4. The van der Waals surface area contributed by atoms with Crippen molar-refractivity contribution in [3.05, 3.63) is 33.8 Å². The zero-order valence-electron chi connectivity index (χ0n) is 7.37. The highest BCUT2D eigenvalue weighted by Crippen LogP contribution is 2.23. The molecule has 0 aromatic heterocycles. The Hall–Kier alpha value is -1.66. The number of benzene rings is 1. The summed E-state index contributed by atoms with van der Waals surface area (Å²) >= 11 is 5.79. The standard InChI is InChI=1S/C10H6ClNO2/c1-6(14)9-8(5-13)3-2-7(4-12)10(9)11/h2-3,5H,1H3. The van der Waals surface area contributed by atoms with Crippen LogP contribution in [0.4, 0.5) is 0 Å². The minimum absolute atomic E-state index is 0.0459. The molecule has 4 heteroatoms. The summed E-state index contributed by atoms with van der Waals surface area (Å²) in [5, 5.41) is 8.70. The van der Waals surface area contributed by atoms with E-state index in [0.29, 0.717) is 6.29 Å². The molecule has 1 aromatic rings. The molecule has 1 rings (SSSR count). The van der Waals surface area contributed by atoms with E-state index in [1.165, 1.54) is 19.1 Å². The fourth-order valence-electron chi connectivity index (χ4n) is 1.13. The van der Waals surface area contributed by atoms with Gasteiger partial charge in [0, 0.05) is 11.1 Å². The predicted octanol–water partition coefficient (Wildman–Crippen LogP) is 2.23. The van der Waals surface area contributed by atoms with Crippen LogP contribution in [0.25, 0.3) is 0 Å². The van der Waals surface area contributed by atoms with Crippen LogP contribution in [0.3, 0.4) is 0 Å². The van der Waals surface area contributed by atoms with E-state index in [1.807, 2.05) is 6.07 Å². The summed E-state index contributed by atoms with van der Waals surface area (Å²) in [6.45, 7) is 1.30. The third-order valence-corrected chi connectivity index (χ3v) is 2.17. The average molecular weight is 208 g/mol. The molecule has 0 fully saturated rings. The van der Waals surface area contributed by atoms with E-state index in [4.69, 9.17) is 16.9 Å². The minimum atomic E-state index is -0.325. The lowest BCUT2D eigenvalue weighted by atomic mass is 10.0. The van der Waals surface area contributed by atoms with E-state index in [9.17, 15) is 9.59 Å². The largest absolute Gasteiger partial charge is 0.298 e. The molecule has 0 amide bonds. The number of carbonyl (C=O) groups excluding carboxylic acids is 2. The Bertz CT molecular complexity index is 446. The van der Waals surface area contributed by atoms with E-state index in [0.717, 1.165) is 0 Å². The molecule has 0 unspecified atom stereocenters. The Morgan fingerprint density at radius 3 is 2.64 bits per heavy atom. The summed E-state index contributed by atoms with van der Waals surface area (Å²) in [4.78, 5) is 21.8. The van der Waals surface area contributed by atoms with Crippen LogP contribution in [0, 0.1) is 11.3 Å². The van der Waals surface area contributed by atoms with Crippen LogP contribution in [-0.4, -0.2) is 12.1 Å². The number of carbonyl (C=O) groups is 2. The summed E-state index contributed by atoms with van der Waals surface area (Å²) in [5.41, 5.74) is 0.518. The number of aldehydes is 1. The summed E-state index contributed by atoms with van der Waals surface area (Å²) in [7, 11) is 0. The lowest BCUT2D eigenvalue weighted by molar-refractivity contribution is 0.101. The quantitative estimate of drug-likeness (QED) is 0.552. The highest BCUT2D eigenvalue weighted by Gasteiger charge is 2.14. The molecule has 0 aliphatic rings. The molecule has 70 valence electrons. The van der Waals surface area contributed by atoms with Crippen molar-refractivity contribution in [3.63, 3.8) is 0 Å². The minimum Gasteiger partial charge on any atom is -0.298 e. The summed E-state index contributed by atoms with van der Waals surface area (Å²) in [6, 6.07) is 4.67. The van der Waals surface area contributed by atoms with Gasteiger partial charge in [-0.05, 0) is 19.1 Å². The smallest absolute Gasteiger partial charge is 0.162 e. The van der Waals surface area contributed by atoms with Crippen LogP contribution in [-0.2, 0) is 0 Å². The number of hydrogen-bond acceptors (Lipinski definition) is 3. The van der Waals surface area contributed by atoms with Gasteiger partial charge in [0.1, 0.15) is 6.07 Å². The van der Waals surface area contributed by atoms with Gasteiger partial charge in [-0.3, -0.25) is 9.59 Å². The van der Waals surface area contributed by atoms with Gasteiger partial charge in [0.2, 0.25) is 0 Å². The van der Waals surface area contributed by atoms with Crippen LogP contribution >= 0.6 is 11.6 Å². The van der Waals surface area contributed by atoms with Crippen LogP contribution < -0.4 is 0 Å². The van der Waals surface area contributed by atoms with E-state index in [-0.39, 0.29) is 27.5 Å². The Kier molecular flexibility index (Phi) is 3.00. The second-order valence-electron chi connectivity index (χ2n) is 2.68. The van der Waals surface area contributed by atoms with Gasteiger partial charge in [0.25, 0.3) is 0 Å². The number of ketones is 1. The first-order chi connectivity index (χ1) is 6.61. The molecule has 0 bridgehead atoms. The Balaban J connectivity index is 3.56. The van der Waals surface area contributed by atoms with Gasteiger partial charge < -0.3 is 0 Å². The van der Waals surface area contributed by atoms with Gasteiger partial charge in [0.15, 0.2) is 12.1 Å². The molecule has 0 atom stereocenters. The third-order valence-electron chi connectivity index (χ3n) is 1.77. The van der Waals surface area contributed by atoms with Crippen molar-refractivity contribution in [2.24, 2.45) is 0 Å². The second kappa shape index (κ2) is 4.03. The van der Waals surface area contributed by atoms with Gasteiger partial charge in [0.05, 0.1) is 10.6 Å². The summed E-state index contributed by atoms with van der Waals surface area (Å²) in [6.07, 6.45) is 0.545. The second-order valence-corrected chi connectivity index (χ2v) is 3.06. The number of rotatable bonds is 2. The molecular weight excluding hydrogens is 202 g/mol. The van der Waals surface area contributed by atoms with Gasteiger partial charge in [-0.2, -0.15) is 5.26 Å². The number of halogens is 1. The monoisotopic (exact) mass is 207 g/mol. The van der Waals surface area contributed by atoms with Crippen LogP contribution in [0.15, 0.2) is 12.1 Å². The van der Waals surface area contributed by atoms with Crippen LogP contribution in [0.5, 0.6) is 0 Å². The maximum Gasteiger partial charge on any atom is 0.162 e. The zero-order chi connectivity index (χ0) is 10.7. The first-order valence-corrected chi connectivity index (χ1v) is 4.18. The fraction of sp³-hybridized carbons (Fsp3) is 0.100. The molecule has 0 aliphatic heterocycles. The molecule has 1 aromatic carbocycles. The van der Waals surface area contributed by atoms with Crippen molar-refractivity contribution in [1.29, 1.82) is 5.26 Å². The van der Waals surface area contributed by atoms with Gasteiger partial charge in [-0.15, -0.1) is 0 Å². The van der Waals surface area contributed by atoms with Crippen molar-refractivity contribution >= 4 is 23.7 Å². The molecule has 0 saturated carbocycles. The van der Waals surface area contributed by atoms with E-state index >= 15 is 0 Å². The molecule has 0 aliphatic carbocycles. The maximum atomic E-state index is 11.2. The maximum absolute atomic E-state index is 11.2. The molecular formula is C10H6ClNO2. The third kappa shape index (κ3) is 1.66. The molecule has 0 radical (unpaired) electrons. The highest BCUT2D eigenvalue weighted by molar-refractivity contribution is 6.35. The van der Waals surface area contributed by atoms with Crippen molar-refractivity contribution in [2.45, 2.75) is 6.92 Å². The average Bonchev–Trinajstić information content (AvgIpc) is 2.16. The molecule has 0 N–H and O–H groups in total. The lowest BCUT2D eigenvalue weighted by Gasteiger charge is -2.04. The fourth-order valence-corrected chi connectivity index (χ4v) is 1.48. The lowest BCUT2D eigenvalue weighted by Crippen LogP contribution is -2.01. The van der Waals surface area contributed by atoms with Crippen molar-refractivity contribution < 1.29 is 9.59 Å². The first-order valence-electron chi connectivity index (χ1n) is 3.80. The van der Waals surface area contributed by atoms with Crippen molar-refractivity contribution in [2.75, 3.05) is 0 Å². The van der Waals surface area contributed by atoms with Crippen molar-refractivity contribution in [1.82, 2.24) is 0 Å². The SMILES string of the molecule is CC(=O)c1c(C=O)ccc(C#N)c1Cl. The molecule has 0 heterocycles. The van der Waals surface area contributed by atoms with Gasteiger partial charge in [-0.1, -0.05) is 11.6 Å². The summed E-state index contributed by atoms with van der Waals surface area (Å²) < 4.78 is 0. The normalized spacial score (nSPS) is 9.21. The number of hydrogen-bond donors (Lipinski definition) is 0. The highest BCUT2D eigenvalue weighted by atomic mass is 35.5. The van der Waals surface area contributed by atoms with Gasteiger partial charge in [-0.25, -0.2) is 0 Å². The van der Waals surface area contributed by atoms with Gasteiger partial charge >= 0.3 is 0 Å². The Labute approximate surface area is 85.9 Å². The Morgan fingerprint density at radius 2 is 2.21 bits per heavy atom. The topological polar surface area (TPSA) is 57.9 Å². The number of nitrogens with zero attached hydrogens (tertiary/aromatic N) is 1. The number of nitriles is 1. The number of Topliss-reactive ketones (excluding diaryl/α,β-unsaturated/α-hetero) is 1. The Morgan fingerprint density at radius 1 is 1.57 bits per heavy atom. The molecule has 0 saturated heterocycles. The van der Waals surface area contributed by atoms with Crippen molar-refractivity contribution in [3.8, 4) is 6.07 Å². The van der Waals surface area contributed by atoms with Crippen LogP contribution in [0.2, 0.25) is 5.02 Å². The molecule has 3 nitrogen and oxygen atoms in total. The predicted molar refractivity (Wildman–Crippen MR) is 51.6 cm³/mol. The zero-order valence-corrected chi connectivity index (χ0v) is 8.13.